The van der Waals surface area contributed by atoms with Gasteiger partial charge in [-0.1, -0.05) is 29.8 Å². The number of carbonyl (C=O) groups excluding carboxylic acids is 1. The van der Waals surface area contributed by atoms with Crippen LogP contribution in [-0.4, -0.2) is 28.8 Å². The lowest BCUT2D eigenvalue weighted by Gasteiger charge is -2.26. The Morgan fingerprint density at radius 3 is 2.67 bits per heavy atom. The van der Waals surface area contributed by atoms with E-state index in [-0.39, 0.29) is 11.6 Å². The predicted molar refractivity (Wildman–Crippen MR) is 102 cm³/mol. The van der Waals surface area contributed by atoms with Crippen LogP contribution in [0.25, 0.3) is 0 Å². The Kier molecular flexibility index (Phi) is 5.76. The Labute approximate surface area is 161 Å². The number of nitrogens with zero attached hydrogens (tertiary/aromatic N) is 2. The van der Waals surface area contributed by atoms with Crippen LogP contribution in [0.5, 0.6) is 5.75 Å². The van der Waals surface area contributed by atoms with E-state index >= 15 is 0 Å². The highest BCUT2D eigenvalue weighted by atomic mass is 35.5. The molecule has 0 aliphatic carbocycles. The summed E-state index contributed by atoms with van der Waals surface area (Å²) in [5.74, 6) is -0.818. The van der Waals surface area contributed by atoms with E-state index in [2.05, 4.69) is 10.4 Å². The van der Waals surface area contributed by atoms with Gasteiger partial charge in [-0.05, 0) is 36.8 Å². The molecule has 1 amide bonds. The molecule has 2 atom stereocenters. The summed E-state index contributed by atoms with van der Waals surface area (Å²) in [6, 6.07) is 12.5. The molecule has 0 aliphatic rings. The number of carbonyl (C=O) groups is 1. The summed E-state index contributed by atoms with van der Waals surface area (Å²) in [6.45, 7) is 1.83. The van der Waals surface area contributed by atoms with Crippen molar-refractivity contribution in [2.45, 2.75) is 19.0 Å². The highest BCUT2D eigenvalue weighted by Crippen LogP contribution is 2.28. The van der Waals surface area contributed by atoms with Gasteiger partial charge >= 0.3 is 0 Å². The summed E-state index contributed by atoms with van der Waals surface area (Å²) in [4.78, 5) is 12.6. The second-order valence-corrected chi connectivity index (χ2v) is 6.47. The number of hydrogen-bond acceptors (Lipinski definition) is 3. The second kappa shape index (κ2) is 8.22. The zero-order valence-electron chi connectivity index (χ0n) is 14.9. The number of hydrogen-bond donors (Lipinski definition) is 1. The van der Waals surface area contributed by atoms with Gasteiger partial charge in [0.15, 0.2) is 0 Å². The fraction of sp³-hybridized carbons (Fsp3) is 0.200. The number of rotatable bonds is 6. The van der Waals surface area contributed by atoms with Crippen molar-refractivity contribution in [2.75, 3.05) is 7.11 Å². The largest absolute Gasteiger partial charge is 0.497 e. The van der Waals surface area contributed by atoms with Crippen molar-refractivity contribution in [2.24, 2.45) is 0 Å². The van der Waals surface area contributed by atoms with E-state index in [4.69, 9.17) is 16.3 Å². The lowest BCUT2D eigenvalue weighted by Crippen LogP contribution is -2.40. The average Bonchev–Trinajstić information content (AvgIpc) is 3.17. The molecule has 0 radical (unpaired) electrons. The van der Waals surface area contributed by atoms with Crippen molar-refractivity contribution in [1.29, 1.82) is 0 Å². The van der Waals surface area contributed by atoms with E-state index in [1.54, 1.807) is 35.3 Å². The van der Waals surface area contributed by atoms with Crippen LogP contribution < -0.4 is 10.1 Å². The molecular formula is C20H19ClFN3O2. The number of nitrogens with one attached hydrogen (secondary N) is 1. The summed E-state index contributed by atoms with van der Waals surface area (Å²) >= 11 is 6.36. The molecule has 3 aromatic rings. The molecule has 0 fully saturated rings. The van der Waals surface area contributed by atoms with Crippen LogP contribution in [0, 0.1) is 5.82 Å². The van der Waals surface area contributed by atoms with Gasteiger partial charge in [-0.3, -0.25) is 9.48 Å². The maximum atomic E-state index is 14.2. The molecule has 1 aromatic heterocycles. The van der Waals surface area contributed by atoms with Gasteiger partial charge in [0.05, 0.1) is 24.8 Å². The second-order valence-electron chi connectivity index (χ2n) is 6.06. The van der Waals surface area contributed by atoms with E-state index in [0.717, 1.165) is 5.56 Å². The maximum Gasteiger partial charge on any atom is 0.254 e. The van der Waals surface area contributed by atoms with Crippen LogP contribution in [0.15, 0.2) is 60.9 Å². The van der Waals surface area contributed by atoms with Crippen molar-refractivity contribution in [3.63, 3.8) is 0 Å². The number of methoxy groups -OCH3 is 1. The molecule has 1 heterocycles. The van der Waals surface area contributed by atoms with Crippen LogP contribution in [0.3, 0.4) is 0 Å². The quantitative estimate of drug-likeness (QED) is 0.693. The average molecular weight is 388 g/mol. The minimum Gasteiger partial charge on any atom is -0.497 e. The smallest absolute Gasteiger partial charge is 0.254 e. The topological polar surface area (TPSA) is 56.1 Å². The highest BCUT2D eigenvalue weighted by Gasteiger charge is 2.26. The summed E-state index contributed by atoms with van der Waals surface area (Å²) in [7, 11) is 1.44. The van der Waals surface area contributed by atoms with E-state index in [0.29, 0.717) is 10.8 Å². The fourth-order valence-electron chi connectivity index (χ4n) is 2.97. The molecule has 0 saturated carbocycles. The molecule has 27 heavy (non-hydrogen) atoms. The molecule has 0 bridgehead atoms. The fourth-order valence-corrected chi connectivity index (χ4v) is 3.22. The normalized spacial score (nSPS) is 13.0. The first kappa shape index (κ1) is 18.9. The third-order valence-electron chi connectivity index (χ3n) is 4.29. The molecule has 0 unspecified atom stereocenters. The number of ether oxygens (including phenoxy) is 1. The third-order valence-corrected chi connectivity index (χ3v) is 4.63. The van der Waals surface area contributed by atoms with Crippen molar-refractivity contribution >= 4 is 17.5 Å². The van der Waals surface area contributed by atoms with E-state index < -0.39 is 17.8 Å². The van der Waals surface area contributed by atoms with Gasteiger partial charge in [-0.15, -0.1) is 0 Å². The van der Waals surface area contributed by atoms with Crippen molar-refractivity contribution in [3.8, 4) is 5.75 Å². The van der Waals surface area contributed by atoms with Gasteiger partial charge in [0.2, 0.25) is 0 Å². The minimum absolute atomic E-state index is 0.0546. The van der Waals surface area contributed by atoms with Crippen LogP contribution in [0.4, 0.5) is 4.39 Å². The predicted octanol–water partition coefficient (Wildman–Crippen LogP) is 4.09. The van der Waals surface area contributed by atoms with Crippen LogP contribution >= 0.6 is 11.6 Å². The van der Waals surface area contributed by atoms with Crippen molar-refractivity contribution < 1.29 is 13.9 Å². The summed E-state index contributed by atoms with van der Waals surface area (Å²) in [5, 5.41) is 7.71. The maximum absolute atomic E-state index is 14.2. The molecule has 5 nitrogen and oxygen atoms in total. The van der Waals surface area contributed by atoms with Crippen LogP contribution in [0.2, 0.25) is 5.02 Å². The Bertz CT molecular complexity index is 931. The number of amides is 1. The van der Waals surface area contributed by atoms with Crippen LogP contribution in [0.1, 0.15) is 28.9 Å². The van der Waals surface area contributed by atoms with Gasteiger partial charge in [-0.2, -0.15) is 5.10 Å². The first-order valence-corrected chi connectivity index (χ1v) is 8.77. The Hall–Kier alpha value is -2.86. The SMILES string of the molecule is COc1ccc(C(=O)N[C@@H](C)[C@@H](c2ccccc2Cl)n2cccn2)c(F)c1. The van der Waals surface area contributed by atoms with E-state index in [1.165, 1.54) is 19.2 Å². The van der Waals surface area contributed by atoms with Crippen molar-refractivity contribution in [3.05, 3.63) is 82.9 Å². The van der Waals surface area contributed by atoms with Gasteiger partial charge < -0.3 is 10.1 Å². The lowest BCUT2D eigenvalue weighted by atomic mass is 10.00. The molecule has 0 saturated heterocycles. The minimum atomic E-state index is -0.646. The number of aromatic nitrogens is 2. The molecule has 7 heteroatoms. The molecule has 2 aromatic carbocycles. The molecule has 3 rings (SSSR count). The first-order chi connectivity index (χ1) is 13.0. The Morgan fingerprint density at radius 1 is 1.26 bits per heavy atom. The number of benzene rings is 2. The first-order valence-electron chi connectivity index (χ1n) is 8.39. The van der Waals surface area contributed by atoms with Gasteiger partial charge in [0, 0.05) is 23.5 Å². The monoisotopic (exact) mass is 387 g/mol. The van der Waals surface area contributed by atoms with Crippen LogP contribution in [-0.2, 0) is 0 Å². The summed E-state index contributed by atoms with van der Waals surface area (Å²) in [5.41, 5.74) is 0.756. The standard InChI is InChI=1S/C20H19ClFN3O2/c1-13(24-20(26)16-9-8-14(27-2)12-18(16)22)19(25-11-5-10-23-25)15-6-3-4-7-17(15)21/h3-13,19H,1-2H3,(H,24,26)/t13-,19-/m0/s1. The Balaban J connectivity index is 1.88. The molecule has 140 valence electrons. The Morgan fingerprint density at radius 2 is 2.04 bits per heavy atom. The number of halogens is 2. The van der Waals surface area contributed by atoms with Gasteiger partial charge in [0.25, 0.3) is 5.91 Å². The highest BCUT2D eigenvalue weighted by molar-refractivity contribution is 6.31. The van der Waals surface area contributed by atoms with E-state index in [1.807, 2.05) is 25.1 Å². The van der Waals surface area contributed by atoms with Gasteiger partial charge in [0.1, 0.15) is 11.6 Å². The molecular weight excluding hydrogens is 369 g/mol. The van der Waals surface area contributed by atoms with Crippen molar-refractivity contribution in [1.82, 2.24) is 15.1 Å². The third kappa shape index (κ3) is 4.11. The van der Waals surface area contributed by atoms with Gasteiger partial charge in [-0.25, -0.2) is 4.39 Å². The molecule has 0 aliphatic heterocycles. The zero-order valence-corrected chi connectivity index (χ0v) is 15.7. The zero-order chi connectivity index (χ0) is 19.4. The lowest BCUT2D eigenvalue weighted by molar-refractivity contribution is 0.0926. The summed E-state index contributed by atoms with van der Waals surface area (Å²) in [6.07, 6.45) is 3.45. The summed E-state index contributed by atoms with van der Waals surface area (Å²) < 4.78 is 20.9. The van der Waals surface area contributed by atoms with E-state index in [9.17, 15) is 9.18 Å². The molecule has 0 spiro atoms. The molecule has 1 N–H and O–H groups in total.